The number of likely N-dealkylation sites (tertiary alicyclic amines) is 1. The summed E-state index contributed by atoms with van der Waals surface area (Å²) in [5.74, 6) is 1.27. The highest BCUT2D eigenvalue weighted by atomic mass is 16.2. The fraction of sp³-hybridized carbons (Fsp3) is 0.556. The van der Waals surface area contributed by atoms with Gasteiger partial charge in [-0.3, -0.25) is 14.7 Å². The molecule has 1 aromatic carbocycles. The van der Waals surface area contributed by atoms with Crippen molar-refractivity contribution in [3.8, 4) is 0 Å². The van der Waals surface area contributed by atoms with E-state index in [2.05, 4.69) is 32.6 Å². The lowest BCUT2D eigenvalue weighted by molar-refractivity contribution is -0.121. The molecule has 2 aromatic rings. The SMILES string of the molecule is CCN1C(=O)N(C)c2cnc(Nc3cccc(CC(=O)NC4CCN(C)CC4)c3)nc2N1C1CCCC1. The maximum Gasteiger partial charge on any atom is 0.343 e. The molecule has 3 amide bonds. The molecule has 1 saturated heterocycles. The Morgan fingerprint density at radius 1 is 1.11 bits per heavy atom. The van der Waals surface area contributed by atoms with Crippen molar-refractivity contribution in [2.75, 3.05) is 49.0 Å². The second kappa shape index (κ2) is 10.9. The van der Waals surface area contributed by atoms with Crippen LogP contribution in [-0.4, -0.2) is 77.6 Å². The van der Waals surface area contributed by atoms with Gasteiger partial charge in [0, 0.05) is 25.3 Å². The number of fused-ring (bicyclic) bond motifs is 1. The van der Waals surface area contributed by atoms with Crippen LogP contribution in [0.4, 0.5) is 27.9 Å². The number of carbonyl (C=O) groups excluding carboxylic acids is 2. The van der Waals surface area contributed by atoms with Gasteiger partial charge >= 0.3 is 6.03 Å². The fourth-order valence-electron chi connectivity index (χ4n) is 5.63. The predicted molar refractivity (Wildman–Crippen MR) is 145 cm³/mol. The fourth-order valence-corrected chi connectivity index (χ4v) is 5.63. The molecular weight excluding hydrogens is 468 g/mol. The van der Waals surface area contributed by atoms with Gasteiger partial charge in [-0.05, 0) is 70.4 Å². The first-order chi connectivity index (χ1) is 17.9. The number of piperidine rings is 1. The highest BCUT2D eigenvalue weighted by Crippen LogP contribution is 2.38. The number of nitrogens with zero attached hydrogens (tertiary/aromatic N) is 6. The summed E-state index contributed by atoms with van der Waals surface area (Å²) in [5.41, 5.74) is 2.47. The molecule has 37 heavy (non-hydrogen) atoms. The third-order valence-electron chi connectivity index (χ3n) is 7.70. The van der Waals surface area contributed by atoms with Crippen molar-refractivity contribution < 1.29 is 9.59 Å². The molecule has 3 aliphatic rings. The lowest BCUT2D eigenvalue weighted by Gasteiger charge is -2.45. The van der Waals surface area contributed by atoms with Gasteiger partial charge in [0.1, 0.15) is 5.69 Å². The summed E-state index contributed by atoms with van der Waals surface area (Å²) in [6.45, 7) is 4.60. The van der Waals surface area contributed by atoms with Gasteiger partial charge in [-0.25, -0.2) is 14.8 Å². The van der Waals surface area contributed by atoms with Crippen LogP contribution >= 0.6 is 0 Å². The Labute approximate surface area is 219 Å². The third kappa shape index (κ3) is 5.49. The van der Waals surface area contributed by atoms with Gasteiger partial charge in [0.2, 0.25) is 11.9 Å². The van der Waals surface area contributed by atoms with Gasteiger partial charge in [0.25, 0.3) is 0 Å². The minimum Gasteiger partial charge on any atom is -0.353 e. The average molecular weight is 507 g/mol. The lowest BCUT2D eigenvalue weighted by atomic mass is 10.0. The molecule has 2 N–H and O–H groups in total. The molecule has 0 spiro atoms. The first-order valence-electron chi connectivity index (χ1n) is 13.5. The summed E-state index contributed by atoms with van der Waals surface area (Å²) in [6.07, 6.45) is 8.44. The number of hydrogen-bond donors (Lipinski definition) is 2. The van der Waals surface area contributed by atoms with Gasteiger partial charge < -0.3 is 15.5 Å². The Morgan fingerprint density at radius 3 is 2.59 bits per heavy atom. The summed E-state index contributed by atoms with van der Waals surface area (Å²) >= 11 is 0. The molecule has 0 radical (unpaired) electrons. The zero-order valence-electron chi connectivity index (χ0n) is 22.1. The van der Waals surface area contributed by atoms with Crippen LogP contribution < -0.4 is 20.5 Å². The monoisotopic (exact) mass is 506 g/mol. The van der Waals surface area contributed by atoms with Crippen molar-refractivity contribution in [1.29, 1.82) is 0 Å². The molecule has 2 aliphatic heterocycles. The van der Waals surface area contributed by atoms with E-state index in [1.54, 1.807) is 23.2 Å². The number of benzene rings is 1. The topological polar surface area (TPSA) is 96.9 Å². The van der Waals surface area contributed by atoms with Crippen molar-refractivity contribution in [2.24, 2.45) is 0 Å². The molecule has 5 rings (SSSR count). The number of rotatable bonds is 7. The minimum atomic E-state index is -0.0579. The van der Waals surface area contributed by atoms with Gasteiger partial charge in [-0.15, -0.1) is 0 Å². The van der Waals surface area contributed by atoms with Gasteiger partial charge in [-0.1, -0.05) is 25.0 Å². The van der Waals surface area contributed by atoms with E-state index >= 15 is 0 Å². The van der Waals surface area contributed by atoms with Gasteiger partial charge in [0.15, 0.2) is 5.82 Å². The van der Waals surface area contributed by atoms with Crippen LogP contribution in [0.3, 0.4) is 0 Å². The largest absolute Gasteiger partial charge is 0.353 e. The highest BCUT2D eigenvalue weighted by molar-refractivity contribution is 5.98. The minimum absolute atomic E-state index is 0.0521. The number of carbonyl (C=O) groups is 2. The van der Waals surface area contributed by atoms with Crippen molar-refractivity contribution in [3.63, 3.8) is 0 Å². The zero-order chi connectivity index (χ0) is 25.9. The molecule has 1 aromatic heterocycles. The van der Waals surface area contributed by atoms with E-state index in [0.29, 0.717) is 24.6 Å². The summed E-state index contributed by atoms with van der Waals surface area (Å²) in [4.78, 5) is 39.0. The zero-order valence-corrected chi connectivity index (χ0v) is 22.1. The maximum absolute atomic E-state index is 13.0. The normalized spacial score (nSPS) is 19.3. The lowest BCUT2D eigenvalue weighted by Crippen LogP contribution is -2.59. The quantitative estimate of drug-likeness (QED) is 0.593. The number of anilines is 4. The molecule has 198 valence electrons. The molecule has 0 atom stereocenters. The predicted octanol–water partition coefficient (Wildman–Crippen LogP) is 3.53. The molecule has 1 aliphatic carbocycles. The van der Waals surface area contributed by atoms with E-state index in [9.17, 15) is 9.59 Å². The molecular formula is C27H38N8O2. The molecule has 10 heteroatoms. The smallest absolute Gasteiger partial charge is 0.343 e. The van der Waals surface area contributed by atoms with Gasteiger partial charge in [-0.2, -0.15) is 4.98 Å². The Morgan fingerprint density at radius 2 is 1.86 bits per heavy atom. The molecule has 1 saturated carbocycles. The first kappa shape index (κ1) is 25.3. The van der Waals surface area contributed by atoms with Crippen LogP contribution in [0.25, 0.3) is 0 Å². The Kier molecular flexibility index (Phi) is 7.45. The number of urea groups is 1. The van der Waals surface area contributed by atoms with Crippen molar-refractivity contribution in [3.05, 3.63) is 36.0 Å². The van der Waals surface area contributed by atoms with Gasteiger partial charge in [0.05, 0.1) is 18.7 Å². The average Bonchev–Trinajstić information content (AvgIpc) is 3.42. The standard InChI is InChI=1S/C27H38N8O2/c1-4-34-27(37)33(3)23-18-28-26(31-25(23)35(34)22-10-5-6-11-22)30-21-9-7-8-19(16-21)17-24(36)29-20-12-14-32(2)15-13-20/h7-9,16,18,20,22H,4-6,10-15,17H2,1-3H3,(H,29,36)(H,28,30,31). The van der Waals surface area contributed by atoms with Crippen LogP contribution in [0, 0.1) is 0 Å². The van der Waals surface area contributed by atoms with Crippen molar-refractivity contribution in [1.82, 2.24) is 25.2 Å². The van der Waals surface area contributed by atoms with E-state index in [-0.39, 0.29) is 24.0 Å². The van der Waals surface area contributed by atoms with E-state index in [4.69, 9.17) is 4.98 Å². The van der Waals surface area contributed by atoms with E-state index in [1.807, 2.05) is 31.2 Å². The number of hydrazine groups is 1. The van der Waals surface area contributed by atoms with Crippen LogP contribution in [0.1, 0.15) is 51.0 Å². The van der Waals surface area contributed by atoms with Crippen molar-refractivity contribution in [2.45, 2.75) is 64.0 Å². The number of aromatic nitrogens is 2. The second-order valence-corrected chi connectivity index (χ2v) is 10.4. The van der Waals surface area contributed by atoms with Crippen LogP contribution in [0.2, 0.25) is 0 Å². The van der Waals surface area contributed by atoms with E-state index < -0.39 is 0 Å². The van der Waals surface area contributed by atoms with E-state index in [0.717, 1.165) is 68.7 Å². The third-order valence-corrected chi connectivity index (χ3v) is 7.70. The molecule has 10 nitrogen and oxygen atoms in total. The van der Waals surface area contributed by atoms with Crippen LogP contribution in [-0.2, 0) is 11.2 Å². The Bertz CT molecular complexity index is 1130. The number of nitrogens with one attached hydrogen (secondary N) is 2. The summed E-state index contributed by atoms with van der Waals surface area (Å²) in [7, 11) is 3.89. The molecule has 0 bridgehead atoms. The summed E-state index contributed by atoms with van der Waals surface area (Å²) in [5, 5.41) is 10.4. The molecule has 3 heterocycles. The molecule has 0 unspecified atom stereocenters. The number of hydrogen-bond acceptors (Lipinski definition) is 7. The van der Waals surface area contributed by atoms with Crippen LogP contribution in [0.5, 0.6) is 0 Å². The van der Waals surface area contributed by atoms with Crippen molar-refractivity contribution >= 4 is 35.1 Å². The second-order valence-electron chi connectivity index (χ2n) is 10.4. The summed E-state index contributed by atoms with van der Waals surface area (Å²) < 4.78 is 0. The van der Waals surface area contributed by atoms with Crippen LogP contribution in [0.15, 0.2) is 30.5 Å². The molecule has 2 fully saturated rings. The summed E-state index contributed by atoms with van der Waals surface area (Å²) in [6, 6.07) is 8.28. The van der Waals surface area contributed by atoms with E-state index in [1.165, 1.54) is 0 Å². The number of amides is 3. The highest BCUT2D eigenvalue weighted by Gasteiger charge is 2.39. The maximum atomic E-state index is 13.0. The Balaban J connectivity index is 1.31. The Hall–Kier alpha value is -3.40. The first-order valence-corrected chi connectivity index (χ1v) is 13.5.